The van der Waals surface area contributed by atoms with Gasteiger partial charge >= 0.3 is 5.97 Å². The number of fused-ring (bicyclic) bond motifs is 1. The maximum Gasteiger partial charge on any atom is 0.331 e. The van der Waals surface area contributed by atoms with Crippen LogP contribution >= 0.6 is 11.6 Å². The molecule has 0 saturated carbocycles. The maximum atomic E-state index is 12.2. The number of nitrogens with one attached hydrogen (secondary N) is 1. The Morgan fingerprint density at radius 2 is 1.97 bits per heavy atom. The molecule has 8 nitrogen and oxygen atoms in total. The van der Waals surface area contributed by atoms with Gasteiger partial charge in [0.1, 0.15) is 0 Å². The summed E-state index contributed by atoms with van der Waals surface area (Å²) in [6.07, 6.45) is 1.50. The number of hydrogen-bond donors (Lipinski definition) is 1. The van der Waals surface area contributed by atoms with E-state index in [2.05, 4.69) is 10.3 Å². The van der Waals surface area contributed by atoms with Crippen LogP contribution in [0.1, 0.15) is 12.6 Å². The summed E-state index contributed by atoms with van der Waals surface area (Å²) in [6.45, 7) is 1.38. The summed E-state index contributed by atoms with van der Waals surface area (Å²) in [6, 6.07) is 14.8. The highest BCUT2D eigenvalue weighted by Gasteiger charge is 2.19. The fourth-order valence-corrected chi connectivity index (χ4v) is 2.72. The topological polar surface area (TPSA) is 111 Å². The van der Waals surface area contributed by atoms with Gasteiger partial charge in [0, 0.05) is 23.6 Å². The Morgan fingerprint density at radius 1 is 1.20 bits per heavy atom. The number of esters is 1. The second-order valence-electron chi connectivity index (χ2n) is 6.25. The number of nitro groups is 1. The molecular formula is C21H16ClN3O5. The fraction of sp³-hybridized carbons (Fsp3) is 0.0952. The van der Waals surface area contributed by atoms with Crippen molar-refractivity contribution in [2.75, 3.05) is 5.32 Å². The number of nitrogens with zero attached hydrogens (tertiary/aromatic N) is 2. The number of rotatable bonds is 6. The summed E-state index contributed by atoms with van der Waals surface area (Å²) in [5, 5.41) is 14.4. The lowest BCUT2D eigenvalue weighted by Gasteiger charge is -2.13. The number of aromatic nitrogens is 1. The molecule has 1 atom stereocenters. The number of para-hydroxylation sites is 1. The molecule has 0 fully saturated rings. The number of pyridine rings is 1. The maximum absolute atomic E-state index is 12.2. The molecule has 0 spiro atoms. The number of carbonyl (C=O) groups excluding carboxylic acids is 2. The number of benzene rings is 2. The minimum Gasteiger partial charge on any atom is -0.449 e. The minimum absolute atomic E-state index is 0.0506. The second-order valence-corrected chi connectivity index (χ2v) is 6.66. The first kappa shape index (κ1) is 20.9. The zero-order chi connectivity index (χ0) is 21.7. The fourth-order valence-electron chi connectivity index (χ4n) is 2.55. The van der Waals surface area contributed by atoms with Crippen LogP contribution in [0.3, 0.4) is 0 Å². The SMILES string of the molecule is CC(OC(=O)/C=C/c1ccc2ccccc2n1)C(=O)Nc1cc([N+](=O)[O-])ccc1Cl. The molecule has 0 bridgehead atoms. The monoisotopic (exact) mass is 425 g/mol. The van der Waals surface area contributed by atoms with Crippen molar-refractivity contribution in [1.29, 1.82) is 0 Å². The van der Waals surface area contributed by atoms with Gasteiger partial charge in [0.05, 0.1) is 26.8 Å². The molecule has 152 valence electrons. The molecule has 3 aromatic rings. The summed E-state index contributed by atoms with van der Waals surface area (Å²) in [4.78, 5) is 38.9. The van der Waals surface area contributed by atoms with Crippen LogP contribution in [0.2, 0.25) is 5.02 Å². The lowest BCUT2D eigenvalue weighted by Crippen LogP contribution is -2.29. The average molecular weight is 426 g/mol. The minimum atomic E-state index is -1.15. The largest absolute Gasteiger partial charge is 0.449 e. The molecule has 0 saturated heterocycles. The van der Waals surface area contributed by atoms with Crippen molar-refractivity contribution in [2.24, 2.45) is 0 Å². The first-order valence-corrected chi connectivity index (χ1v) is 9.20. The van der Waals surface area contributed by atoms with Gasteiger partial charge in [-0.15, -0.1) is 0 Å². The van der Waals surface area contributed by atoms with E-state index in [1.807, 2.05) is 30.3 Å². The molecule has 30 heavy (non-hydrogen) atoms. The Labute approximate surface area is 176 Å². The standard InChI is InChI=1S/C21H16ClN3O5/c1-13(21(27)24-19-12-16(25(28)29)9-10-17(19)22)30-20(26)11-8-15-7-6-14-4-2-3-5-18(14)23-15/h2-13H,1H3,(H,24,27)/b11-8+. The van der Waals surface area contributed by atoms with Gasteiger partial charge < -0.3 is 10.1 Å². The smallest absolute Gasteiger partial charge is 0.331 e. The lowest BCUT2D eigenvalue weighted by molar-refractivity contribution is -0.384. The van der Waals surface area contributed by atoms with Gasteiger partial charge in [-0.3, -0.25) is 14.9 Å². The molecule has 1 N–H and O–H groups in total. The number of anilines is 1. The number of carbonyl (C=O) groups is 2. The molecule has 1 unspecified atom stereocenters. The number of nitro benzene ring substituents is 1. The molecule has 3 rings (SSSR count). The molecule has 0 radical (unpaired) electrons. The van der Waals surface area contributed by atoms with Gasteiger partial charge in [-0.05, 0) is 31.2 Å². The summed E-state index contributed by atoms with van der Waals surface area (Å²) in [5.41, 5.74) is 1.17. The van der Waals surface area contributed by atoms with Crippen molar-refractivity contribution >= 4 is 51.8 Å². The predicted molar refractivity (Wildman–Crippen MR) is 113 cm³/mol. The summed E-state index contributed by atoms with van der Waals surface area (Å²) < 4.78 is 5.07. The van der Waals surface area contributed by atoms with Crippen molar-refractivity contribution in [1.82, 2.24) is 4.98 Å². The molecule has 1 amide bonds. The number of amides is 1. The van der Waals surface area contributed by atoms with Crippen LogP contribution in [-0.2, 0) is 14.3 Å². The van der Waals surface area contributed by atoms with E-state index in [4.69, 9.17) is 16.3 Å². The second kappa shape index (κ2) is 9.15. The summed E-state index contributed by atoms with van der Waals surface area (Å²) in [5.74, 6) is -1.42. The van der Waals surface area contributed by atoms with E-state index in [0.29, 0.717) is 5.69 Å². The van der Waals surface area contributed by atoms with Gasteiger partial charge in [-0.2, -0.15) is 0 Å². The van der Waals surface area contributed by atoms with E-state index in [-0.39, 0.29) is 16.4 Å². The van der Waals surface area contributed by atoms with Gasteiger partial charge in [-0.25, -0.2) is 9.78 Å². The van der Waals surface area contributed by atoms with Crippen LogP contribution in [0.25, 0.3) is 17.0 Å². The molecule has 1 heterocycles. The highest BCUT2D eigenvalue weighted by atomic mass is 35.5. The Kier molecular flexibility index (Phi) is 6.38. The van der Waals surface area contributed by atoms with Crippen LogP contribution in [0, 0.1) is 10.1 Å². The van der Waals surface area contributed by atoms with Crippen molar-refractivity contribution in [3.63, 3.8) is 0 Å². The van der Waals surface area contributed by atoms with Crippen LogP contribution in [0.4, 0.5) is 11.4 Å². The molecule has 0 aliphatic carbocycles. The van der Waals surface area contributed by atoms with Crippen molar-refractivity contribution in [3.8, 4) is 0 Å². The number of hydrogen-bond acceptors (Lipinski definition) is 6. The molecular weight excluding hydrogens is 410 g/mol. The van der Waals surface area contributed by atoms with Gasteiger partial charge in [0.25, 0.3) is 11.6 Å². The van der Waals surface area contributed by atoms with Crippen molar-refractivity contribution in [2.45, 2.75) is 13.0 Å². The Balaban J connectivity index is 1.61. The predicted octanol–water partition coefficient (Wildman–Crippen LogP) is 4.38. The quantitative estimate of drug-likeness (QED) is 0.271. The highest BCUT2D eigenvalue weighted by molar-refractivity contribution is 6.33. The first-order valence-electron chi connectivity index (χ1n) is 8.83. The third kappa shape index (κ3) is 5.18. The molecule has 0 aliphatic rings. The molecule has 1 aromatic heterocycles. The van der Waals surface area contributed by atoms with E-state index < -0.39 is 22.9 Å². The zero-order valence-electron chi connectivity index (χ0n) is 15.7. The van der Waals surface area contributed by atoms with Gasteiger partial charge in [0.15, 0.2) is 6.10 Å². The van der Waals surface area contributed by atoms with Crippen molar-refractivity contribution < 1.29 is 19.2 Å². The van der Waals surface area contributed by atoms with Gasteiger partial charge in [-0.1, -0.05) is 35.9 Å². The summed E-state index contributed by atoms with van der Waals surface area (Å²) >= 11 is 5.95. The Hall–Kier alpha value is -3.78. The molecule has 0 aliphatic heterocycles. The van der Waals surface area contributed by atoms with Crippen LogP contribution in [-0.4, -0.2) is 27.9 Å². The average Bonchev–Trinajstić information content (AvgIpc) is 2.73. The zero-order valence-corrected chi connectivity index (χ0v) is 16.5. The van der Waals surface area contributed by atoms with E-state index in [9.17, 15) is 19.7 Å². The third-order valence-electron chi connectivity index (χ3n) is 4.09. The first-order chi connectivity index (χ1) is 14.3. The molecule has 9 heteroatoms. The van der Waals surface area contributed by atoms with E-state index in [1.165, 1.54) is 31.2 Å². The summed E-state index contributed by atoms with van der Waals surface area (Å²) in [7, 11) is 0. The number of non-ortho nitro benzene ring substituents is 1. The normalized spacial score (nSPS) is 11.9. The van der Waals surface area contributed by atoms with E-state index >= 15 is 0 Å². The van der Waals surface area contributed by atoms with E-state index in [1.54, 1.807) is 6.07 Å². The van der Waals surface area contributed by atoms with E-state index in [0.717, 1.165) is 17.0 Å². The Bertz CT molecular complexity index is 1160. The van der Waals surface area contributed by atoms with Crippen LogP contribution in [0.5, 0.6) is 0 Å². The van der Waals surface area contributed by atoms with Crippen molar-refractivity contribution in [3.05, 3.63) is 81.5 Å². The lowest BCUT2D eigenvalue weighted by atomic mass is 10.2. The Morgan fingerprint density at radius 3 is 2.73 bits per heavy atom. The number of ether oxygens (including phenoxy) is 1. The number of halogens is 1. The highest BCUT2D eigenvalue weighted by Crippen LogP contribution is 2.26. The molecule has 2 aromatic carbocycles. The van der Waals surface area contributed by atoms with Crippen LogP contribution in [0.15, 0.2) is 60.7 Å². The van der Waals surface area contributed by atoms with Gasteiger partial charge in [0.2, 0.25) is 0 Å². The third-order valence-corrected chi connectivity index (χ3v) is 4.42. The van der Waals surface area contributed by atoms with Crippen LogP contribution < -0.4 is 5.32 Å².